The van der Waals surface area contributed by atoms with Gasteiger partial charge >= 0.3 is 0 Å². The van der Waals surface area contributed by atoms with Crippen molar-refractivity contribution in [2.45, 2.75) is 5.03 Å². The number of pyridine rings is 1. The van der Waals surface area contributed by atoms with Gasteiger partial charge in [0.25, 0.3) is 10.0 Å². The SMILES string of the molecule is O=S(=O)(Nc1cc(F)cc(F)c1F)c1ncccc1F. The number of anilines is 1. The Kier molecular flexibility index (Phi) is 3.62. The Hall–Kier alpha value is -2.16. The second kappa shape index (κ2) is 5.08. The molecule has 0 saturated heterocycles. The van der Waals surface area contributed by atoms with Gasteiger partial charge in [-0.15, -0.1) is 0 Å². The topological polar surface area (TPSA) is 59.1 Å². The Morgan fingerprint density at radius 3 is 2.40 bits per heavy atom. The Balaban J connectivity index is 2.47. The number of nitrogens with zero attached hydrogens (tertiary/aromatic N) is 1. The van der Waals surface area contributed by atoms with Crippen LogP contribution in [0, 0.1) is 23.3 Å². The lowest BCUT2D eigenvalue weighted by atomic mass is 10.3. The molecule has 0 fully saturated rings. The van der Waals surface area contributed by atoms with Crippen LogP contribution in [0.15, 0.2) is 35.5 Å². The van der Waals surface area contributed by atoms with Gasteiger partial charge in [-0.05, 0) is 12.1 Å². The van der Waals surface area contributed by atoms with E-state index in [4.69, 9.17) is 0 Å². The molecule has 4 nitrogen and oxygen atoms in total. The molecule has 0 aliphatic carbocycles. The van der Waals surface area contributed by atoms with Crippen molar-refractivity contribution in [3.8, 4) is 0 Å². The van der Waals surface area contributed by atoms with Crippen LogP contribution >= 0.6 is 0 Å². The van der Waals surface area contributed by atoms with E-state index in [9.17, 15) is 26.0 Å². The van der Waals surface area contributed by atoms with Crippen molar-refractivity contribution < 1.29 is 26.0 Å². The number of benzene rings is 1. The van der Waals surface area contributed by atoms with Crippen molar-refractivity contribution in [1.29, 1.82) is 0 Å². The Labute approximate surface area is 111 Å². The quantitative estimate of drug-likeness (QED) is 0.700. The van der Waals surface area contributed by atoms with Crippen LogP contribution in [0.4, 0.5) is 23.2 Å². The minimum absolute atomic E-state index is 0.245. The first-order chi connectivity index (χ1) is 9.31. The molecule has 1 heterocycles. The van der Waals surface area contributed by atoms with E-state index in [-0.39, 0.29) is 6.07 Å². The normalized spacial score (nSPS) is 11.4. The van der Waals surface area contributed by atoms with Crippen molar-refractivity contribution in [2.24, 2.45) is 0 Å². The third kappa shape index (κ3) is 2.72. The molecule has 0 unspecified atom stereocenters. The van der Waals surface area contributed by atoms with Gasteiger partial charge in [0.05, 0.1) is 5.69 Å². The number of hydrogen-bond donors (Lipinski definition) is 1. The van der Waals surface area contributed by atoms with Gasteiger partial charge in [0, 0.05) is 18.3 Å². The lowest BCUT2D eigenvalue weighted by Crippen LogP contribution is -2.17. The number of rotatable bonds is 3. The number of hydrogen-bond acceptors (Lipinski definition) is 3. The summed E-state index contributed by atoms with van der Waals surface area (Å²) < 4.78 is 77.6. The summed E-state index contributed by atoms with van der Waals surface area (Å²) in [5.41, 5.74) is -0.979. The van der Waals surface area contributed by atoms with Crippen LogP contribution in [0.25, 0.3) is 0 Å². The van der Waals surface area contributed by atoms with Gasteiger partial charge in [-0.3, -0.25) is 4.72 Å². The lowest BCUT2D eigenvalue weighted by Gasteiger charge is -2.09. The maximum atomic E-state index is 13.3. The molecule has 0 radical (unpaired) electrons. The number of sulfonamides is 1. The second-order valence-electron chi connectivity index (χ2n) is 3.65. The van der Waals surface area contributed by atoms with Crippen LogP contribution in [-0.2, 0) is 10.0 Å². The zero-order chi connectivity index (χ0) is 14.9. The fraction of sp³-hybridized carbons (Fsp3) is 0. The van der Waals surface area contributed by atoms with E-state index in [0.717, 1.165) is 18.3 Å². The molecule has 20 heavy (non-hydrogen) atoms. The Morgan fingerprint density at radius 2 is 1.75 bits per heavy atom. The van der Waals surface area contributed by atoms with Crippen LogP contribution in [0.3, 0.4) is 0 Å². The first-order valence-electron chi connectivity index (χ1n) is 5.09. The Bertz CT molecular complexity index is 765. The molecule has 0 spiro atoms. The van der Waals surface area contributed by atoms with Crippen molar-refractivity contribution >= 4 is 15.7 Å². The van der Waals surface area contributed by atoms with E-state index >= 15 is 0 Å². The molecular weight excluding hydrogens is 300 g/mol. The third-order valence-corrected chi connectivity index (χ3v) is 3.51. The average molecular weight is 306 g/mol. The highest BCUT2D eigenvalue weighted by atomic mass is 32.2. The van der Waals surface area contributed by atoms with Crippen LogP contribution in [0.2, 0.25) is 0 Å². The van der Waals surface area contributed by atoms with E-state index in [1.807, 2.05) is 0 Å². The summed E-state index contributed by atoms with van der Waals surface area (Å²) in [6.45, 7) is 0. The van der Waals surface area contributed by atoms with Gasteiger partial charge in [0.15, 0.2) is 17.5 Å². The van der Waals surface area contributed by atoms with Crippen LogP contribution in [0.5, 0.6) is 0 Å². The average Bonchev–Trinajstić information content (AvgIpc) is 2.35. The monoisotopic (exact) mass is 306 g/mol. The lowest BCUT2D eigenvalue weighted by molar-refractivity contribution is 0.498. The minimum atomic E-state index is -4.61. The Morgan fingerprint density at radius 1 is 1.05 bits per heavy atom. The van der Waals surface area contributed by atoms with Gasteiger partial charge in [-0.2, -0.15) is 8.42 Å². The molecule has 1 aromatic heterocycles. The first kappa shape index (κ1) is 14.3. The largest absolute Gasteiger partial charge is 0.282 e. The molecule has 0 saturated carbocycles. The fourth-order valence-electron chi connectivity index (χ4n) is 1.39. The van der Waals surface area contributed by atoms with Crippen molar-refractivity contribution in [3.05, 3.63) is 53.7 Å². The molecule has 0 aliphatic rings. The van der Waals surface area contributed by atoms with E-state index in [1.54, 1.807) is 4.72 Å². The second-order valence-corrected chi connectivity index (χ2v) is 5.24. The van der Waals surface area contributed by atoms with Gasteiger partial charge < -0.3 is 0 Å². The molecule has 0 amide bonds. The molecule has 2 aromatic rings. The number of halogens is 4. The molecule has 0 aliphatic heterocycles. The molecule has 9 heteroatoms. The maximum Gasteiger partial charge on any atom is 0.282 e. The summed E-state index contributed by atoms with van der Waals surface area (Å²) in [6.07, 6.45) is 1.00. The van der Waals surface area contributed by atoms with Gasteiger partial charge in [0.1, 0.15) is 5.82 Å². The fourth-order valence-corrected chi connectivity index (χ4v) is 2.45. The minimum Gasteiger partial charge on any atom is -0.275 e. The maximum absolute atomic E-state index is 13.3. The smallest absolute Gasteiger partial charge is 0.275 e. The molecule has 106 valence electrons. The van der Waals surface area contributed by atoms with Crippen molar-refractivity contribution in [3.63, 3.8) is 0 Å². The number of nitrogens with one attached hydrogen (secondary N) is 1. The predicted octanol–water partition coefficient (Wildman–Crippen LogP) is 2.44. The van der Waals surface area contributed by atoms with E-state index in [0.29, 0.717) is 6.07 Å². The zero-order valence-corrected chi connectivity index (χ0v) is 10.4. The summed E-state index contributed by atoms with van der Waals surface area (Å²) in [6, 6.07) is 2.65. The molecule has 0 bridgehead atoms. The number of aromatic nitrogens is 1. The standard InChI is InChI=1S/C11H6F4N2O2S/c12-6-4-8(14)10(15)9(5-6)17-20(18,19)11-7(13)2-1-3-16-11/h1-5,17H. The molecule has 2 rings (SSSR count). The zero-order valence-electron chi connectivity index (χ0n) is 9.57. The predicted molar refractivity (Wildman–Crippen MR) is 61.3 cm³/mol. The highest BCUT2D eigenvalue weighted by molar-refractivity contribution is 7.92. The summed E-state index contributed by atoms with van der Waals surface area (Å²) in [7, 11) is -4.61. The molecule has 1 aromatic carbocycles. The highest BCUT2D eigenvalue weighted by Gasteiger charge is 2.23. The van der Waals surface area contributed by atoms with Crippen LogP contribution in [0.1, 0.15) is 0 Å². The highest BCUT2D eigenvalue weighted by Crippen LogP contribution is 2.22. The molecule has 1 N–H and O–H groups in total. The van der Waals surface area contributed by atoms with Gasteiger partial charge in [0.2, 0.25) is 5.03 Å². The van der Waals surface area contributed by atoms with Crippen molar-refractivity contribution in [1.82, 2.24) is 4.98 Å². The van der Waals surface area contributed by atoms with Crippen LogP contribution < -0.4 is 4.72 Å². The van der Waals surface area contributed by atoms with Gasteiger partial charge in [-0.1, -0.05) is 0 Å². The summed E-state index contributed by atoms with van der Waals surface area (Å²) in [5.74, 6) is -5.56. The first-order valence-corrected chi connectivity index (χ1v) is 6.57. The van der Waals surface area contributed by atoms with Gasteiger partial charge in [-0.25, -0.2) is 22.5 Å². The summed E-state index contributed by atoms with van der Waals surface area (Å²) >= 11 is 0. The summed E-state index contributed by atoms with van der Waals surface area (Å²) in [4.78, 5) is 3.29. The van der Waals surface area contributed by atoms with Crippen molar-refractivity contribution in [2.75, 3.05) is 4.72 Å². The molecular formula is C11H6F4N2O2S. The van der Waals surface area contributed by atoms with E-state index in [2.05, 4.69) is 4.98 Å². The third-order valence-electron chi connectivity index (χ3n) is 2.22. The molecule has 0 atom stereocenters. The van der Waals surface area contributed by atoms with E-state index in [1.165, 1.54) is 0 Å². The van der Waals surface area contributed by atoms with E-state index < -0.39 is 44.0 Å². The van der Waals surface area contributed by atoms with Crippen LogP contribution in [-0.4, -0.2) is 13.4 Å². The summed E-state index contributed by atoms with van der Waals surface area (Å²) in [5, 5.41) is -1.01.